The molecule has 21 heavy (non-hydrogen) atoms. The molecule has 0 N–H and O–H groups in total. The monoisotopic (exact) mass is 281 g/mol. The molecule has 106 valence electrons. The Morgan fingerprint density at radius 2 is 2.10 bits per heavy atom. The van der Waals surface area contributed by atoms with Crippen molar-refractivity contribution >= 4 is 11.2 Å². The maximum Gasteiger partial charge on any atom is 0.216 e. The Morgan fingerprint density at radius 3 is 2.81 bits per heavy atom. The lowest BCUT2D eigenvalue weighted by Gasteiger charge is -2.09. The summed E-state index contributed by atoms with van der Waals surface area (Å²) in [5.74, 6) is 0. The van der Waals surface area contributed by atoms with Crippen molar-refractivity contribution in [1.29, 1.82) is 0 Å². The molecule has 6 heteroatoms. The summed E-state index contributed by atoms with van der Waals surface area (Å²) in [7, 11) is 1.64. The molecular weight excluding hydrogens is 266 g/mol. The second kappa shape index (κ2) is 5.04. The van der Waals surface area contributed by atoms with Gasteiger partial charge in [0, 0.05) is 30.1 Å². The number of aryl methyl sites for hydroxylation is 1. The number of aromatic nitrogens is 4. The van der Waals surface area contributed by atoms with Gasteiger partial charge >= 0.3 is 0 Å². The first-order chi connectivity index (χ1) is 10.2. The smallest absolute Gasteiger partial charge is 0.216 e. The van der Waals surface area contributed by atoms with E-state index in [0.29, 0.717) is 5.69 Å². The number of ether oxygens (including phenoxy) is 1. The number of nitrogens with zero attached hydrogens (tertiary/aromatic N) is 5. The summed E-state index contributed by atoms with van der Waals surface area (Å²) in [5.41, 5.74) is 4.19. The van der Waals surface area contributed by atoms with Gasteiger partial charge in [0.05, 0.1) is 24.5 Å². The highest BCUT2D eigenvalue weighted by Crippen LogP contribution is 2.34. The van der Waals surface area contributed by atoms with Gasteiger partial charge in [0.15, 0.2) is 0 Å². The average Bonchev–Trinajstić information content (AvgIpc) is 3.13. The van der Waals surface area contributed by atoms with Crippen LogP contribution < -0.4 is 0 Å². The van der Waals surface area contributed by atoms with Crippen LogP contribution in [0.15, 0.2) is 30.7 Å². The first-order valence-corrected chi connectivity index (χ1v) is 6.58. The van der Waals surface area contributed by atoms with E-state index in [1.165, 1.54) is 0 Å². The molecule has 1 unspecified atom stereocenters. The van der Waals surface area contributed by atoms with Crippen molar-refractivity contribution in [3.05, 3.63) is 47.8 Å². The third-order valence-electron chi connectivity index (χ3n) is 3.58. The third-order valence-corrected chi connectivity index (χ3v) is 3.58. The fourth-order valence-electron chi connectivity index (χ4n) is 2.34. The van der Waals surface area contributed by atoms with Crippen LogP contribution in [0.4, 0.5) is 5.69 Å². The Bertz CT molecular complexity index is 839. The predicted octanol–water partition coefficient (Wildman–Crippen LogP) is 3.22. The summed E-state index contributed by atoms with van der Waals surface area (Å²) in [4.78, 5) is 3.59. The molecule has 3 heterocycles. The van der Waals surface area contributed by atoms with Crippen molar-refractivity contribution in [2.75, 3.05) is 7.11 Å². The van der Waals surface area contributed by atoms with Crippen LogP contribution in [0.5, 0.6) is 0 Å². The Hall–Kier alpha value is -2.65. The topological polar surface area (TPSA) is 48.7 Å². The minimum Gasteiger partial charge on any atom is -0.360 e. The van der Waals surface area contributed by atoms with Gasteiger partial charge in [-0.3, -0.25) is 0 Å². The zero-order valence-corrected chi connectivity index (χ0v) is 12.1. The van der Waals surface area contributed by atoms with E-state index < -0.39 is 0 Å². The van der Waals surface area contributed by atoms with Crippen LogP contribution in [0, 0.1) is 13.5 Å². The molecule has 0 bridgehead atoms. The molecule has 0 aliphatic heterocycles. The van der Waals surface area contributed by atoms with Gasteiger partial charge in [0.25, 0.3) is 0 Å². The summed E-state index contributed by atoms with van der Waals surface area (Å²) in [5, 5.41) is 8.62. The van der Waals surface area contributed by atoms with E-state index >= 15 is 0 Å². The Morgan fingerprint density at radius 1 is 1.29 bits per heavy atom. The summed E-state index contributed by atoms with van der Waals surface area (Å²) < 4.78 is 8.82. The van der Waals surface area contributed by atoms with Gasteiger partial charge in [-0.1, -0.05) is 0 Å². The van der Waals surface area contributed by atoms with Gasteiger partial charge in [0.2, 0.25) is 5.69 Å². The van der Waals surface area contributed by atoms with Crippen molar-refractivity contribution < 1.29 is 4.74 Å². The number of hydrogen-bond acceptors (Lipinski definition) is 3. The van der Waals surface area contributed by atoms with Crippen LogP contribution in [0.1, 0.15) is 18.8 Å². The Balaban J connectivity index is 2.23. The Labute approximate surface area is 122 Å². The number of methoxy groups -OCH3 is 1. The third kappa shape index (κ3) is 2.08. The van der Waals surface area contributed by atoms with Crippen molar-refractivity contribution in [3.63, 3.8) is 0 Å². The molecule has 1 atom stereocenters. The van der Waals surface area contributed by atoms with Crippen molar-refractivity contribution in [1.82, 2.24) is 19.4 Å². The molecule has 0 saturated heterocycles. The maximum absolute atomic E-state index is 7.37. The van der Waals surface area contributed by atoms with Crippen LogP contribution in [0.2, 0.25) is 0 Å². The SMILES string of the molecule is [C-]#[N+]c1cnn2c(C)ccc2c1-c1cnn(C(C)OC)c1. The summed E-state index contributed by atoms with van der Waals surface area (Å²) in [6.07, 6.45) is 5.09. The lowest BCUT2D eigenvalue weighted by Crippen LogP contribution is -2.06. The van der Waals surface area contributed by atoms with Crippen LogP contribution in [-0.4, -0.2) is 26.5 Å². The first-order valence-electron chi connectivity index (χ1n) is 6.58. The fraction of sp³-hybridized carbons (Fsp3) is 0.267. The van der Waals surface area contributed by atoms with Gasteiger partial charge in [-0.05, 0) is 26.0 Å². The molecule has 0 fully saturated rings. The number of rotatable bonds is 3. The van der Waals surface area contributed by atoms with E-state index in [1.807, 2.05) is 36.7 Å². The van der Waals surface area contributed by atoms with Gasteiger partial charge in [-0.2, -0.15) is 10.2 Å². The average molecular weight is 281 g/mol. The predicted molar refractivity (Wildman–Crippen MR) is 79.1 cm³/mol. The standard InChI is InChI=1S/C15H15N5O/c1-10-5-6-14-15(13(16-3)8-18-20(10)14)12-7-17-19(9-12)11(2)21-4/h5-9,11H,1-2,4H3. The van der Waals surface area contributed by atoms with Crippen LogP contribution >= 0.6 is 0 Å². The quantitative estimate of drug-likeness (QED) is 0.692. The number of fused-ring (bicyclic) bond motifs is 1. The van der Waals surface area contributed by atoms with Crippen LogP contribution in [-0.2, 0) is 4.74 Å². The second-order valence-electron chi connectivity index (χ2n) is 4.83. The van der Waals surface area contributed by atoms with Crippen LogP contribution in [0.25, 0.3) is 21.5 Å². The highest BCUT2D eigenvalue weighted by molar-refractivity contribution is 5.90. The van der Waals surface area contributed by atoms with Crippen molar-refractivity contribution in [2.45, 2.75) is 20.1 Å². The normalized spacial score (nSPS) is 12.5. The largest absolute Gasteiger partial charge is 0.360 e. The molecule has 0 aliphatic carbocycles. The molecule has 0 amide bonds. The van der Waals surface area contributed by atoms with Gasteiger partial charge in [-0.25, -0.2) is 14.0 Å². The van der Waals surface area contributed by atoms with E-state index in [2.05, 4.69) is 15.0 Å². The zero-order chi connectivity index (χ0) is 15.0. The Kier molecular flexibility index (Phi) is 3.20. The van der Waals surface area contributed by atoms with Crippen molar-refractivity contribution in [3.8, 4) is 11.1 Å². The van der Waals surface area contributed by atoms with Crippen LogP contribution in [0.3, 0.4) is 0 Å². The number of hydrogen-bond donors (Lipinski definition) is 0. The van der Waals surface area contributed by atoms with Gasteiger partial charge < -0.3 is 4.74 Å². The second-order valence-corrected chi connectivity index (χ2v) is 4.83. The molecule has 3 aromatic rings. The molecule has 0 saturated carbocycles. The molecule has 3 rings (SSSR count). The van der Waals surface area contributed by atoms with E-state index in [0.717, 1.165) is 22.3 Å². The lowest BCUT2D eigenvalue weighted by molar-refractivity contribution is 0.0501. The highest BCUT2D eigenvalue weighted by Gasteiger charge is 2.15. The maximum atomic E-state index is 7.37. The van der Waals surface area contributed by atoms with E-state index in [-0.39, 0.29) is 6.23 Å². The summed E-state index contributed by atoms with van der Waals surface area (Å²) in [6, 6.07) is 3.96. The van der Waals surface area contributed by atoms with E-state index in [9.17, 15) is 0 Å². The lowest BCUT2D eigenvalue weighted by atomic mass is 10.1. The molecule has 6 nitrogen and oxygen atoms in total. The zero-order valence-electron chi connectivity index (χ0n) is 12.1. The minimum atomic E-state index is -0.151. The molecule has 3 aromatic heterocycles. The minimum absolute atomic E-state index is 0.151. The summed E-state index contributed by atoms with van der Waals surface area (Å²) >= 11 is 0. The fourth-order valence-corrected chi connectivity index (χ4v) is 2.34. The molecule has 0 radical (unpaired) electrons. The van der Waals surface area contributed by atoms with Crippen molar-refractivity contribution in [2.24, 2.45) is 0 Å². The summed E-state index contributed by atoms with van der Waals surface area (Å²) in [6.45, 7) is 11.3. The molecule has 0 spiro atoms. The highest BCUT2D eigenvalue weighted by atomic mass is 16.5. The first kappa shape index (κ1) is 13.3. The molecule has 0 aliphatic rings. The molecule has 0 aromatic carbocycles. The molecular formula is C15H15N5O. The van der Waals surface area contributed by atoms with Gasteiger partial charge in [-0.15, -0.1) is 0 Å². The van der Waals surface area contributed by atoms with E-state index in [4.69, 9.17) is 11.3 Å². The van der Waals surface area contributed by atoms with Gasteiger partial charge in [0.1, 0.15) is 6.23 Å². The van der Waals surface area contributed by atoms with E-state index in [1.54, 1.807) is 24.2 Å².